The smallest absolute Gasteiger partial charge is 0.289 e. The predicted molar refractivity (Wildman–Crippen MR) is 130 cm³/mol. The molecule has 1 unspecified atom stereocenters. The minimum Gasteiger partial charge on any atom is -0.440 e. The summed E-state index contributed by atoms with van der Waals surface area (Å²) in [5.74, 6) is -1.64. The molecule has 4 aromatic rings. The summed E-state index contributed by atoms with van der Waals surface area (Å²) < 4.78 is 20.3. The van der Waals surface area contributed by atoms with Crippen LogP contribution in [-0.2, 0) is 0 Å². The van der Waals surface area contributed by atoms with Crippen LogP contribution in [0.4, 0.5) is 4.39 Å². The number of piperazine rings is 1. The first kappa shape index (κ1) is 23.6. The number of rotatable bonds is 4. The van der Waals surface area contributed by atoms with Crippen LogP contribution < -0.4 is 5.73 Å². The van der Waals surface area contributed by atoms with E-state index in [2.05, 4.69) is 9.97 Å². The molecule has 2 aromatic carbocycles. The zero-order valence-corrected chi connectivity index (χ0v) is 19.9. The Balaban J connectivity index is 1.33. The van der Waals surface area contributed by atoms with E-state index in [4.69, 9.17) is 21.8 Å². The Bertz CT molecular complexity index is 1510. The number of imidazole rings is 1. The second kappa shape index (κ2) is 9.12. The zero-order chi connectivity index (χ0) is 25.6. The molecule has 1 saturated heterocycles. The Labute approximate surface area is 209 Å². The average Bonchev–Trinajstić information content (AvgIpc) is 3.49. The van der Waals surface area contributed by atoms with Crippen LogP contribution in [-0.4, -0.2) is 63.2 Å². The first-order chi connectivity index (χ1) is 17.2. The van der Waals surface area contributed by atoms with E-state index in [0.29, 0.717) is 22.4 Å². The van der Waals surface area contributed by atoms with Gasteiger partial charge in [0, 0.05) is 31.2 Å². The predicted octanol–water partition coefficient (Wildman–Crippen LogP) is 3.70. The van der Waals surface area contributed by atoms with Gasteiger partial charge in [-0.25, -0.2) is 9.37 Å². The molecule has 3 amide bonds. The van der Waals surface area contributed by atoms with Gasteiger partial charge in [0.05, 0.1) is 16.6 Å². The third-order valence-corrected chi connectivity index (χ3v) is 6.41. The van der Waals surface area contributed by atoms with E-state index in [9.17, 15) is 14.4 Å². The molecule has 0 bridgehead atoms. The van der Waals surface area contributed by atoms with Gasteiger partial charge in [-0.3, -0.25) is 14.4 Å². The minimum atomic E-state index is -0.704. The van der Waals surface area contributed by atoms with Crippen LogP contribution in [0.5, 0.6) is 0 Å². The van der Waals surface area contributed by atoms with E-state index in [0.717, 1.165) is 0 Å². The number of hydrogen-bond acceptors (Lipinski definition) is 5. The van der Waals surface area contributed by atoms with Gasteiger partial charge in [0.1, 0.15) is 17.2 Å². The molecular formula is C25H21ClFN5O4. The van der Waals surface area contributed by atoms with Gasteiger partial charge >= 0.3 is 0 Å². The van der Waals surface area contributed by atoms with E-state index < -0.39 is 17.6 Å². The van der Waals surface area contributed by atoms with Crippen molar-refractivity contribution in [3.05, 3.63) is 76.5 Å². The topological polar surface area (TPSA) is 126 Å². The second-order valence-corrected chi connectivity index (χ2v) is 8.92. The molecule has 5 rings (SSSR count). The van der Waals surface area contributed by atoms with Crippen molar-refractivity contribution in [2.24, 2.45) is 5.73 Å². The van der Waals surface area contributed by atoms with Crippen LogP contribution in [0.15, 0.2) is 52.9 Å². The highest BCUT2D eigenvalue weighted by molar-refractivity contribution is 6.29. The molecule has 0 radical (unpaired) electrons. The van der Waals surface area contributed by atoms with Crippen molar-refractivity contribution in [2.45, 2.75) is 13.0 Å². The maximum Gasteiger partial charge on any atom is 0.289 e. The number of halogens is 2. The van der Waals surface area contributed by atoms with Crippen molar-refractivity contribution >= 4 is 40.4 Å². The van der Waals surface area contributed by atoms with Gasteiger partial charge in [-0.15, -0.1) is 0 Å². The monoisotopic (exact) mass is 509 g/mol. The molecule has 1 fully saturated rings. The molecule has 184 valence electrons. The number of carbonyl (C=O) groups is 3. The molecule has 0 aliphatic carbocycles. The summed E-state index contributed by atoms with van der Waals surface area (Å²) in [6.07, 6.45) is 0. The number of H-pyrrole nitrogens is 1. The second-order valence-electron chi connectivity index (χ2n) is 8.55. The summed E-state index contributed by atoms with van der Waals surface area (Å²) in [6.45, 7) is 2.55. The number of nitrogens with two attached hydrogens (primary N) is 1. The number of aromatic amines is 1. The van der Waals surface area contributed by atoms with Crippen molar-refractivity contribution in [3.8, 4) is 11.4 Å². The molecule has 9 nitrogen and oxygen atoms in total. The normalized spacial score (nSPS) is 15.9. The number of nitrogens with zero attached hydrogens (tertiary/aromatic N) is 3. The molecule has 2 aromatic heterocycles. The Hall–Kier alpha value is -4.18. The first-order valence-electron chi connectivity index (χ1n) is 11.2. The standard InChI is InChI=1S/C25H21ClFN5O4/c1-13-12-31(9-10-32(13)25(35)19-7-8-20(26)36-19)24(34)15-6-5-14(11-17(15)27)23-29-18-4-2-3-16(22(28)33)21(18)30-23/h2-8,11,13H,9-10,12H2,1H3,(H2,28,33)(H,29,30). The Morgan fingerprint density at radius 1 is 1.11 bits per heavy atom. The van der Waals surface area contributed by atoms with Crippen molar-refractivity contribution < 1.29 is 23.2 Å². The van der Waals surface area contributed by atoms with Crippen LogP contribution >= 0.6 is 11.6 Å². The van der Waals surface area contributed by atoms with Gasteiger partial charge in [-0.05, 0) is 54.9 Å². The maximum absolute atomic E-state index is 15.1. The number of benzene rings is 2. The molecule has 11 heteroatoms. The SMILES string of the molecule is CC1CN(C(=O)c2ccc(-c3nc4c(C(N)=O)cccc4[nH]3)cc2F)CCN1C(=O)c1ccc(Cl)o1. The van der Waals surface area contributed by atoms with Gasteiger partial charge < -0.3 is 24.9 Å². The highest BCUT2D eigenvalue weighted by Crippen LogP contribution is 2.26. The van der Waals surface area contributed by atoms with Crippen molar-refractivity contribution in [1.82, 2.24) is 19.8 Å². The summed E-state index contributed by atoms with van der Waals surface area (Å²) in [6, 6.07) is 11.9. The number of para-hydroxylation sites is 1. The third-order valence-electron chi connectivity index (χ3n) is 6.21. The van der Waals surface area contributed by atoms with Crippen molar-refractivity contribution in [3.63, 3.8) is 0 Å². The molecule has 3 heterocycles. The summed E-state index contributed by atoms with van der Waals surface area (Å²) >= 11 is 5.77. The number of primary amides is 1. The van der Waals surface area contributed by atoms with Crippen LogP contribution in [0.1, 0.15) is 38.2 Å². The Morgan fingerprint density at radius 3 is 2.58 bits per heavy atom. The summed E-state index contributed by atoms with van der Waals surface area (Å²) in [7, 11) is 0. The van der Waals surface area contributed by atoms with E-state index in [1.807, 2.05) is 6.92 Å². The highest BCUT2D eigenvalue weighted by atomic mass is 35.5. The lowest BCUT2D eigenvalue weighted by Crippen LogP contribution is -2.55. The Kier molecular flexibility index (Phi) is 5.97. The molecule has 1 aliphatic rings. The van der Waals surface area contributed by atoms with Crippen LogP contribution in [0, 0.1) is 5.82 Å². The highest BCUT2D eigenvalue weighted by Gasteiger charge is 2.32. The quantitative estimate of drug-likeness (QED) is 0.434. The maximum atomic E-state index is 15.1. The van der Waals surface area contributed by atoms with Gasteiger partial charge in [-0.2, -0.15) is 0 Å². The number of hydrogen-bond donors (Lipinski definition) is 2. The lowest BCUT2D eigenvalue weighted by molar-refractivity contribution is 0.0393. The average molecular weight is 510 g/mol. The lowest BCUT2D eigenvalue weighted by atomic mass is 10.1. The largest absolute Gasteiger partial charge is 0.440 e. The molecule has 1 aliphatic heterocycles. The fourth-order valence-corrected chi connectivity index (χ4v) is 4.53. The van der Waals surface area contributed by atoms with Crippen LogP contribution in [0.3, 0.4) is 0 Å². The molecule has 3 N–H and O–H groups in total. The van der Waals surface area contributed by atoms with E-state index in [1.54, 1.807) is 29.2 Å². The number of fused-ring (bicyclic) bond motifs is 1. The molecular weight excluding hydrogens is 489 g/mol. The van der Waals surface area contributed by atoms with E-state index in [-0.39, 0.29) is 53.7 Å². The van der Waals surface area contributed by atoms with Gasteiger partial charge in [0.2, 0.25) is 0 Å². The van der Waals surface area contributed by atoms with Crippen LogP contribution in [0.2, 0.25) is 5.22 Å². The van der Waals surface area contributed by atoms with E-state index in [1.165, 1.54) is 29.2 Å². The number of furan rings is 1. The molecule has 36 heavy (non-hydrogen) atoms. The fraction of sp³-hybridized carbons (Fsp3) is 0.200. The number of aromatic nitrogens is 2. The fourth-order valence-electron chi connectivity index (χ4n) is 4.39. The minimum absolute atomic E-state index is 0.0857. The summed E-state index contributed by atoms with van der Waals surface area (Å²) in [5, 5.41) is 0.120. The number of carbonyl (C=O) groups excluding carboxylic acids is 3. The first-order valence-corrected chi connectivity index (χ1v) is 11.5. The van der Waals surface area contributed by atoms with Crippen molar-refractivity contribution in [2.75, 3.05) is 19.6 Å². The lowest BCUT2D eigenvalue weighted by Gasteiger charge is -2.39. The molecule has 0 spiro atoms. The van der Waals surface area contributed by atoms with Gasteiger partial charge in [-0.1, -0.05) is 12.1 Å². The molecule has 1 atom stereocenters. The van der Waals surface area contributed by atoms with Crippen LogP contribution in [0.25, 0.3) is 22.4 Å². The third kappa shape index (κ3) is 4.20. The van der Waals surface area contributed by atoms with E-state index >= 15 is 4.39 Å². The summed E-state index contributed by atoms with van der Waals surface area (Å²) in [4.78, 5) is 48.0. The van der Waals surface area contributed by atoms with Gasteiger partial charge in [0.15, 0.2) is 11.0 Å². The number of nitrogens with one attached hydrogen (secondary N) is 1. The number of amides is 3. The Morgan fingerprint density at radius 2 is 1.92 bits per heavy atom. The summed E-state index contributed by atoms with van der Waals surface area (Å²) in [5.41, 5.74) is 6.97. The zero-order valence-electron chi connectivity index (χ0n) is 19.1. The van der Waals surface area contributed by atoms with Crippen molar-refractivity contribution in [1.29, 1.82) is 0 Å². The molecule has 0 saturated carbocycles. The van der Waals surface area contributed by atoms with Gasteiger partial charge in [0.25, 0.3) is 17.7 Å².